The first kappa shape index (κ1) is 8.21. The molecule has 0 spiro atoms. The van der Waals surface area contributed by atoms with Gasteiger partial charge in [0.2, 0.25) is 0 Å². The van der Waals surface area contributed by atoms with E-state index < -0.39 is 0 Å². The molecule has 0 saturated heterocycles. The minimum atomic E-state index is 1.26. The normalized spacial score (nSPS) is 9.78. The highest BCUT2D eigenvalue weighted by molar-refractivity contribution is 5.71. The highest BCUT2D eigenvalue weighted by atomic mass is 15.4. The Morgan fingerprint density at radius 3 is 2.22 bits per heavy atom. The Kier molecular flexibility index (Phi) is 3.76. The van der Waals surface area contributed by atoms with E-state index in [2.05, 4.69) is 5.10 Å². The molecule has 0 heterocycles. The average molecular weight is 126 g/mol. The third-order valence-corrected chi connectivity index (χ3v) is 0.705. The van der Waals surface area contributed by atoms with E-state index in [1.807, 2.05) is 34.0 Å². The fraction of sp³-hybridized carbons (Fsp3) is 0.571. The summed E-state index contributed by atoms with van der Waals surface area (Å²) in [6, 6.07) is 0. The molecule has 2 nitrogen and oxygen atoms in total. The van der Waals surface area contributed by atoms with Gasteiger partial charge in [-0.15, -0.1) is 0 Å². The molecule has 0 atom stereocenters. The lowest BCUT2D eigenvalue weighted by molar-refractivity contribution is 0.440. The quantitative estimate of drug-likeness (QED) is 0.404. The molecule has 0 amide bonds. The zero-order valence-corrected chi connectivity index (χ0v) is 6.55. The summed E-state index contributed by atoms with van der Waals surface area (Å²) < 4.78 is 0. The second kappa shape index (κ2) is 4.13. The van der Waals surface area contributed by atoms with Gasteiger partial charge in [-0.2, -0.15) is 5.10 Å². The van der Waals surface area contributed by atoms with Crippen LogP contribution >= 0.6 is 0 Å². The van der Waals surface area contributed by atoms with E-state index in [0.29, 0.717) is 0 Å². The second-order valence-electron chi connectivity index (χ2n) is 2.36. The van der Waals surface area contributed by atoms with Crippen LogP contribution in [-0.4, -0.2) is 25.3 Å². The van der Waals surface area contributed by atoms with Gasteiger partial charge in [0.25, 0.3) is 0 Å². The molecule has 0 aliphatic rings. The van der Waals surface area contributed by atoms with E-state index in [9.17, 15) is 0 Å². The van der Waals surface area contributed by atoms with Crippen LogP contribution in [0.4, 0.5) is 0 Å². The molecule has 0 unspecified atom stereocenters. The van der Waals surface area contributed by atoms with Gasteiger partial charge in [0.15, 0.2) is 0 Å². The Bertz CT molecular complexity index is 119. The predicted molar refractivity (Wildman–Crippen MR) is 41.6 cm³/mol. The van der Waals surface area contributed by atoms with Gasteiger partial charge >= 0.3 is 0 Å². The van der Waals surface area contributed by atoms with Crippen molar-refractivity contribution < 1.29 is 0 Å². The van der Waals surface area contributed by atoms with Crippen molar-refractivity contribution in [3.05, 3.63) is 11.6 Å². The Hall–Kier alpha value is -0.790. The fourth-order valence-electron chi connectivity index (χ4n) is 0.316. The highest BCUT2D eigenvalue weighted by Crippen LogP contribution is 1.84. The van der Waals surface area contributed by atoms with Crippen molar-refractivity contribution >= 4 is 6.21 Å². The van der Waals surface area contributed by atoms with Crippen molar-refractivity contribution in [2.45, 2.75) is 13.8 Å². The van der Waals surface area contributed by atoms with Crippen LogP contribution in [0.1, 0.15) is 13.8 Å². The summed E-state index contributed by atoms with van der Waals surface area (Å²) in [5.41, 5.74) is 1.26. The first-order valence-corrected chi connectivity index (χ1v) is 2.97. The molecule has 0 aliphatic carbocycles. The van der Waals surface area contributed by atoms with Gasteiger partial charge < -0.3 is 5.01 Å². The molecule has 52 valence electrons. The van der Waals surface area contributed by atoms with Gasteiger partial charge in [0.05, 0.1) is 0 Å². The fourth-order valence-corrected chi connectivity index (χ4v) is 0.316. The lowest BCUT2D eigenvalue weighted by Crippen LogP contribution is -2.00. The van der Waals surface area contributed by atoms with Crippen molar-refractivity contribution in [1.82, 2.24) is 5.01 Å². The first-order valence-electron chi connectivity index (χ1n) is 2.97. The lowest BCUT2D eigenvalue weighted by atomic mass is 10.3. The van der Waals surface area contributed by atoms with E-state index in [0.717, 1.165) is 0 Å². The summed E-state index contributed by atoms with van der Waals surface area (Å²) >= 11 is 0. The van der Waals surface area contributed by atoms with Crippen LogP contribution in [0, 0.1) is 0 Å². The van der Waals surface area contributed by atoms with E-state index in [-0.39, 0.29) is 0 Å². The summed E-state index contributed by atoms with van der Waals surface area (Å²) in [6.45, 7) is 4.09. The van der Waals surface area contributed by atoms with Crippen molar-refractivity contribution in [2.24, 2.45) is 5.10 Å². The van der Waals surface area contributed by atoms with Gasteiger partial charge in [-0.05, 0) is 19.9 Å². The second-order valence-corrected chi connectivity index (χ2v) is 2.36. The largest absolute Gasteiger partial charge is 0.303 e. The predicted octanol–water partition coefficient (Wildman–Crippen LogP) is 1.50. The average Bonchev–Trinajstić information content (AvgIpc) is 1.63. The Morgan fingerprint density at radius 1 is 1.33 bits per heavy atom. The molecular formula is C7H14N2. The smallest absolute Gasteiger partial charge is 0.0469 e. The SMILES string of the molecule is CC(C)=C/C=N/N(C)C. The maximum absolute atomic E-state index is 4.00. The van der Waals surface area contributed by atoms with Crippen LogP contribution < -0.4 is 0 Å². The van der Waals surface area contributed by atoms with Crippen molar-refractivity contribution in [3.63, 3.8) is 0 Å². The van der Waals surface area contributed by atoms with Gasteiger partial charge in [-0.25, -0.2) is 0 Å². The lowest BCUT2D eigenvalue weighted by Gasteiger charge is -1.99. The third-order valence-electron chi connectivity index (χ3n) is 0.705. The van der Waals surface area contributed by atoms with Crippen LogP contribution in [0.15, 0.2) is 16.8 Å². The standard InChI is InChI=1S/C7H14N2/c1-7(2)5-6-8-9(3)4/h5-6H,1-4H3/b8-6+. The number of hydrogen-bond donors (Lipinski definition) is 0. The number of hydrogen-bond acceptors (Lipinski definition) is 2. The Balaban J connectivity index is 3.60. The minimum absolute atomic E-state index is 1.26. The molecule has 0 saturated carbocycles. The molecule has 0 N–H and O–H groups in total. The van der Waals surface area contributed by atoms with Gasteiger partial charge in [0, 0.05) is 20.3 Å². The molecular weight excluding hydrogens is 112 g/mol. The maximum Gasteiger partial charge on any atom is 0.0469 e. The molecule has 0 aromatic rings. The van der Waals surface area contributed by atoms with Crippen LogP contribution in [0.3, 0.4) is 0 Å². The molecule has 0 fully saturated rings. The number of rotatable bonds is 2. The summed E-state index contributed by atoms with van der Waals surface area (Å²) in [7, 11) is 3.80. The van der Waals surface area contributed by atoms with Gasteiger partial charge in [0.1, 0.15) is 0 Å². The number of allylic oxidation sites excluding steroid dienone is 2. The number of nitrogens with zero attached hydrogens (tertiary/aromatic N) is 2. The molecule has 2 heteroatoms. The number of hydrazone groups is 1. The summed E-state index contributed by atoms with van der Waals surface area (Å²) in [5, 5.41) is 5.76. The van der Waals surface area contributed by atoms with Crippen LogP contribution in [-0.2, 0) is 0 Å². The van der Waals surface area contributed by atoms with Crippen LogP contribution in [0.5, 0.6) is 0 Å². The van der Waals surface area contributed by atoms with E-state index in [4.69, 9.17) is 0 Å². The van der Waals surface area contributed by atoms with Crippen molar-refractivity contribution in [1.29, 1.82) is 0 Å². The van der Waals surface area contributed by atoms with E-state index in [1.165, 1.54) is 5.57 Å². The molecule has 0 aliphatic heterocycles. The zero-order valence-electron chi connectivity index (χ0n) is 6.55. The Morgan fingerprint density at radius 2 is 1.89 bits per heavy atom. The van der Waals surface area contributed by atoms with Crippen LogP contribution in [0.25, 0.3) is 0 Å². The molecule has 0 aromatic heterocycles. The highest BCUT2D eigenvalue weighted by Gasteiger charge is 1.73. The van der Waals surface area contributed by atoms with E-state index in [1.54, 1.807) is 11.2 Å². The molecule has 9 heavy (non-hydrogen) atoms. The summed E-state index contributed by atoms with van der Waals surface area (Å²) in [6.07, 6.45) is 3.76. The molecule has 0 bridgehead atoms. The monoisotopic (exact) mass is 126 g/mol. The van der Waals surface area contributed by atoms with Crippen molar-refractivity contribution in [3.8, 4) is 0 Å². The first-order chi connectivity index (χ1) is 4.13. The molecule has 0 rings (SSSR count). The van der Waals surface area contributed by atoms with Crippen LogP contribution in [0.2, 0.25) is 0 Å². The maximum atomic E-state index is 4.00. The molecule has 0 aromatic carbocycles. The topological polar surface area (TPSA) is 15.6 Å². The van der Waals surface area contributed by atoms with Gasteiger partial charge in [-0.3, -0.25) is 0 Å². The zero-order chi connectivity index (χ0) is 7.28. The summed E-state index contributed by atoms with van der Waals surface area (Å²) in [4.78, 5) is 0. The Labute approximate surface area is 56.9 Å². The van der Waals surface area contributed by atoms with Gasteiger partial charge in [-0.1, -0.05) is 5.57 Å². The summed E-state index contributed by atoms with van der Waals surface area (Å²) in [5.74, 6) is 0. The van der Waals surface area contributed by atoms with Crippen molar-refractivity contribution in [2.75, 3.05) is 14.1 Å². The third kappa shape index (κ3) is 7.21. The minimum Gasteiger partial charge on any atom is -0.303 e. The van der Waals surface area contributed by atoms with E-state index >= 15 is 0 Å². The molecule has 0 radical (unpaired) electrons.